The Balaban J connectivity index is 3.15. The van der Waals surface area contributed by atoms with E-state index in [9.17, 15) is 0 Å². The maximum atomic E-state index is 8.94. The van der Waals surface area contributed by atoms with E-state index in [0.717, 1.165) is 0 Å². The van der Waals surface area contributed by atoms with E-state index < -0.39 is 5.60 Å². The van der Waals surface area contributed by atoms with Gasteiger partial charge in [-0.2, -0.15) is 0 Å². The molecule has 0 aromatic rings. The largest absolute Gasteiger partial charge is 0.391 e. The van der Waals surface area contributed by atoms with E-state index in [1.165, 1.54) is 0 Å². The minimum Gasteiger partial charge on any atom is -0.391 e. The van der Waals surface area contributed by atoms with E-state index in [2.05, 4.69) is 0 Å². The minimum atomic E-state index is -0.575. The lowest BCUT2D eigenvalue weighted by Crippen LogP contribution is -2.17. The monoisotopic (exact) mass is 98.1 g/mol. The van der Waals surface area contributed by atoms with Gasteiger partial charge in [0.2, 0.25) is 0 Å². The second-order valence-corrected chi connectivity index (χ2v) is 2.35. The summed E-state index contributed by atoms with van der Waals surface area (Å²) in [5, 5.41) is 8.94. The summed E-state index contributed by atoms with van der Waals surface area (Å²) in [6, 6.07) is 0. The van der Waals surface area contributed by atoms with Crippen molar-refractivity contribution < 1.29 is 5.11 Å². The molecule has 0 atom stereocenters. The van der Waals surface area contributed by atoms with Crippen molar-refractivity contribution in [1.29, 1.82) is 0 Å². The highest BCUT2D eigenvalue weighted by Gasteiger charge is 2.08. The van der Waals surface area contributed by atoms with Gasteiger partial charge in [-0.1, -0.05) is 6.32 Å². The van der Waals surface area contributed by atoms with Crippen LogP contribution in [0.3, 0.4) is 0 Å². The summed E-state index contributed by atoms with van der Waals surface area (Å²) in [5.74, 6) is 0. The van der Waals surface area contributed by atoms with E-state index >= 15 is 0 Å². The first-order valence-corrected chi connectivity index (χ1v) is 2.49. The fourth-order valence-electron chi connectivity index (χ4n) is 0.353. The van der Waals surface area contributed by atoms with Gasteiger partial charge in [0.15, 0.2) is 0 Å². The zero-order valence-electron chi connectivity index (χ0n) is 4.94. The number of hydrogen-bond donors (Lipinski definition) is 1. The molecule has 0 aliphatic carbocycles. The van der Waals surface area contributed by atoms with Crippen molar-refractivity contribution in [3.05, 3.63) is 0 Å². The molecule has 0 aliphatic rings. The number of aliphatic hydroxyl groups is 1. The molecule has 2 radical (unpaired) electrons. The third-order valence-corrected chi connectivity index (χ3v) is 0.756. The van der Waals surface area contributed by atoms with E-state index in [4.69, 9.17) is 13.0 Å². The summed E-state index contributed by atoms with van der Waals surface area (Å²) in [4.78, 5) is 0. The Hall–Kier alpha value is 0.0249. The topological polar surface area (TPSA) is 20.2 Å². The second kappa shape index (κ2) is 2.36. The molecular formula is C5H11BO. The van der Waals surface area contributed by atoms with E-state index in [-0.39, 0.29) is 0 Å². The second-order valence-electron chi connectivity index (χ2n) is 2.35. The Labute approximate surface area is 46.1 Å². The Bertz CT molecular complexity index is 46.5. The average molecular weight is 98.0 g/mol. The molecule has 0 saturated carbocycles. The summed E-state index contributed by atoms with van der Waals surface area (Å²) in [6.45, 7) is 3.50. The van der Waals surface area contributed by atoms with Gasteiger partial charge in [0.05, 0.1) is 13.4 Å². The predicted octanol–water partition coefficient (Wildman–Crippen LogP) is 0.734. The van der Waals surface area contributed by atoms with Crippen LogP contribution in [0.2, 0.25) is 6.32 Å². The molecule has 2 heteroatoms. The van der Waals surface area contributed by atoms with Crippen LogP contribution < -0.4 is 0 Å². The molecule has 0 rings (SSSR count). The van der Waals surface area contributed by atoms with Crippen molar-refractivity contribution in [2.24, 2.45) is 0 Å². The number of rotatable bonds is 2. The molecule has 0 aliphatic heterocycles. The van der Waals surface area contributed by atoms with Crippen molar-refractivity contribution in [1.82, 2.24) is 0 Å². The summed E-state index contributed by atoms with van der Waals surface area (Å²) in [7, 11) is 5.15. The van der Waals surface area contributed by atoms with E-state index in [0.29, 0.717) is 12.7 Å². The normalized spacial score (nSPS) is 11.9. The zero-order valence-corrected chi connectivity index (χ0v) is 4.94. The highest BCUT2D eigenvalue weighted by atomic mass is 16.3. The van der Waals surface area contributed by atoms with Gasteiger partial charge in [-0.05, 0) is 20.3 Å². The van der Waals surface area contributed by atoms with Crippen LogP contribution in [-0.4, -0.2) is 18.6 Å². The first-order valence-electron chi connectivity index (χ1n) is 2.49. The lowest BCUT2D eigenvalue weighted by Gasteiger charge is -2.14. The Kier molecular flexibility index (Phi) is 2.37. The van der Waals surface area contributed by atoms with Crippen LogP contribution in [0.1, 0.15) is 20.3 Å². The maximum Gasteiger partial charge on any atom is 0.0654 e. The molecule has 0 aromatic carbocycles. The summed E-state index contributed by atoms with van der Waals surface area (Å²) in [6.07, 6.45) is 1.23. The summed E-state index contributed by atoms with van der Waals surface area (Å²) in [5.41, 5.74) is -0.575. The Morgan fingerprint density at radius 3 is 2.00 bits per heavy atom. The van der Waals surface area contributed by atoms with Gasteiger partial charge >= 0.3 is 0 Å². The molecule has 0 amide bonds. The number of hydrogen-bond acceptors (Lipinski definition) is 1. The fraction of sp³-hybridized carbons (Fsp3) is 1.00. The van der Waals surface area contributed by atoms with Crippen molar-refractivity contribution in [2.45, 2.75) is 32.2 Å². The molecule has 0 bridgehead atoms. The molecule has 1 nitrogen and oxygen atoms in total. The van der Waals surface area contributed by atoms with Crippen LogP contribution in [0.5, 0.6) is 0 Å². The third-order valence-electron chi connectivity index (χ3n) is 0.756. The van der Waals surface area contributed by atoms with Crippen molar-refractivity contribution in [3.63, 3.8) is 0 Å². The summed E-state index contributed by atoms with van der Waals surface area (Å²) < 4.78 is 0. The molecule has 0 fully saturated rings. The quantitative estimate of drug-likeness (QED) is 0.505. The molecule has 40 valence electrons. The molecule has 0 spiro atoms. The van der Waals surface area contributed by atoms with Crippen LogP contribution in [0.25, 0.3) is 0 Å². The molecular weight excluding hydrogens is 86.9 g/mol. The van der Waals surface area contributed by atoms with E-state index in [1.54, 1.807) is 13.8 Å². The van der Waals surface area contributed by atoms with Crippen molar-refractivity contribution in [2.75, 3.05) is 0 Å². The van der Waals surface area contributed by atoms with Gasteiger partial charge in [-0.25, -0.2) is 0 Å². The van der Waals surface area contributed by atoms with Crippen molar-refractivity contribution >= 4 is 7.85 Å². The van der Waals surface area contributed by atoms with Gasteiger partial charge in [0.1, 0.15) is 0 Å². The third kappa shape index (κ3) is 6.02. The fourth-order valence-corrected chi connectivity index (χ4v) is 0.353. The highest BCUT2D eigenvalue weighted by molar-refractivity contribution is 6.08. The molecule has 7 heavy (non-hydrogen) atoms. The Morgan fingerprint density at radius 1 is 1.57 bits per heavy atom. The molecule has 1 N–H and O–H groups in total. The smallest absolute Gasteiger partial charge is 0.0654 e. The predicted molar refractivity (Wildman–Crippen MR) is 31.5 cm³/mol. The van der Waals surface area contributed by atoms with Gasteiger partial charge in [-0.3, -0.25) is 0 Å². The van der Waals surface area contributed by atoms with Gasteiger partial charge < -0.3 is 5.11 Å². The van der Waals surface area contributed by atoms with Gasteiger partial charge in [0, 0.05) is 0 Å². The first-order chi connectivity index (χ1) is 3.06. The average Bonchev–Trinajstić information content (AvgIpc) is 1.30. The zero-order chi connectivity index (χ0) is 5.91. The van der Waals surface area contributed by atoms with Crippen LogP contribution in [0.15, 0.2) is 0 Å². The lowest BCUT2D eigenvalue weighted by molar-refractivity contribution is 0.0767. The van der Waals surface area contributed by atoms with Crippen LogP contribution in [-0.2, 0) is 0 Å². The standard InChI is InChI=1S/C5H11BO/c1-5(2,7)3-4-6/h7H,3-4H2,1-2H3. The van der Waals surface area contributed by atoms with Crippen molar-refractivity contribution in [3.8, 4) is 0 Å². The van der Waals surface area contributed by atoms with Crippen LogP contribution >= 0.6 is 0 Å². The van der Waals surface area contributed by atoms with Gasteiger partial charge in [0.25, 0.3) is 0 Å². The molecule has 0 unspecified atom stereocenters. The minimum absolute atomic E-state index is 0.559. The van der Waals surface area contributed by atoms with E-state index in [1.807, 2.05) is 0 Å². The summed E-state index contributed by atoms with van der Waals surface area (Å²) >= 11 is 0. The van der Waals surface area contributed by atoms with Crippen LogP contribution in [0, 0.1) is 0 Å². The SMILES string of the molecule is [B]CCC(C)(C)O. The Morgan fingerprint density at radius 2 is 2.00 bits per heavy atom. The van der Waals surface area contributed by atoms with Crippen LogP contribution in [0.4, 0.5) is 0 Å². The van der Waals surface area contributed by atoms with Gasteiger partial charge in [-0.15, -0.1) is 0 Å². The highest BCUT2D eigenvalue weighted by Crippen LogP contribution is 2.07. The maximum absolute atomic E-state index is 8.94. The first kappa shape index (κ1) is 7.02. The lowest BCUT2D eigenvalue weighted by atomic mass is 9.93. The molecule has 0 aromatic heterocycles. The molecule has 0 saturated heterocycles. The molecule has 0 heterocycles.